The van der Waals surface area contributed by atoms with Gasteiger partial charge in [-0.15, -0.1) is 11.3 Å². The zero-order chi connectivity index (χ0) is 18.5. The molecule has 4 nitrogen and oxygen atoms in total. The van der Waals surface area contributed by atoms with Crippen LogP contribution in [0.25, 0.3) is 0 Å². The summed E-state index contributed by atoms with van der Waals surface area (Å²) in [7, 11) is 0. The summed E-state index contributed by atoms with van der Waals surface area (Å²) in [5.74, 6) is 0.141. The highest BCUT2D eigenvalue weighted by Gasteiger charge is 2.11. The standard InChI is InChI=1S/C20H19FN2O2S/c1-13-3-9-17(10-4-13)25-12-19(24)23-20-22-14(2)18(26-20)11-15-5-7-16(21)8-6-15/h3-10H,11-12H2,1-2H3,(H,22,23,24). The third-order valence-electron chi connectivity index (χ3n) is 3.81. The Kier molecular flexibility index (Phi) is 5.63. The number of ether oxygens (including phenoxy) is 1. The number of hydrogen-bond donors (Lipinski definition) is 1. The van der Waals surface area contributed by atoms with Crippen LogP contribution in [-0.2, 0) is 11.2 Å². The van der Waals surface area contributed by atoms with Crippen molar-refractivity contribution in [1.29, 1.82) is 0 Å². The second-order valence-electron chi connectivity index (χ2n) is 5.98. The number of carbonyl (C=O) groups excluding carboxylic acids is 1. The summed E-state index contributed by atoms with van der Waals surface area (Å²) in [5.41, 5.74) is 2.99. The third kappa shape index (κ3) is 4.89. The first-order chi connectivity index (χ1) is 12.5. The lowest BCUT2D eigenvalue weighted by Crippen LogP contribution is -2.20. The van der Waals surface area contributed by atoms with Crippen molar-refractivity contribution < 1.29 is 13.9 Å². The van der Waals surface area contributed by atoms with Gasteiger partial charge in [-0.3, -0.25) is 10.1 Å². The molecule has 26 heavy (non-hydrogen) atoms. The summed E-state index contributed by atoms with van der Waals surface area (Å²) in [6.45, 7) is 3.81. The normalized spacial score (nSPS) is 10.6. The molecular weight excluding hydrogens is 351 g/mol. The van der Waals surface area contributed by atoms with Crippen molar-refractivity contribution in [3.8, 4) is 5.75 Å². The highest BCUT2D eigenvalue weighted by atomic mass is 32.1. The molecule has 0 fully saturated rings. The van der Waals surface area contributed by atoms with Crippen LogP contribution >= 0.6 is 11.3 Å². The maximum atomic E-state index is 13.0. The molecular formula is C20H19FN2O2S. The largest absolute Gasteiger partial charge is 0.484 e. The van der Waals surface area contributed by atoms with Gasteiger partial charge >= 0.3 is 0 Å². The van der Waals surface area contributed by atoms with Crippen molar-refractivity contribution in [1.82, 2.24) is 4.98 Å². The van der Waals surface area contributed by atoms with Gasteiger partial charge in [0.2, 0.25) is 0 Å². The van der Waals surface area contributed by atoms with Crippen molar-refractivity contribution in [3.63, 3.8) is 0 Å². The number of nitrogens with one attached hydrogen (secondary N) is 1. The van der Waals surface area contributed by atoms with Crippen LogP contribution in [-0.4, -0.2) is 17.5 Å². The van der Waals surface area contributed by atoms with Gasteiger partial charge in [0.25, 0.3) is 5.91 Å². The summed E-state index contributed by atoms with van der Waals surface area (Å²) >= 11 is 1.42. The van der Waals surface area contributed by atoms with Crippen molar-refractivity contribution in [2.75, 3.05) is 11.9 Å². The van der Waals surface area contributed by atoms with Crippen LogP contribution in [0.5, 0.6) is 5.75 Å². The van der Waals surface area contributed by atoms with Crippen LogP contribution < -0.4 is 10.1 Å². The molecule has 0 unspecified atom stereocenters. The molecule has 0 aliphatic rings. The van der Waals surface area contributed by atoms with E-state index in [0.29, 0.717) is 17.3 Å². The maximum Gasteiger partial charge on any atom is 0.264 e. The van der Waals surface area contributed by atoms with Gasteiger partial charge in [-0.1, -0.05) is 29.8 Å². The maximum absolute atomic E-state index is 13.0. The van der Waals surface area contributed by atoms with E-state index in [0.717, 1.165) is 21.7 Å². The average molecular weight is 370 g/mol. The van der Waals surface area contributed by atoms with E-state index in [9.17, 15) is 9.18 Å². The summed E-state index contributed by atoms with van der Waals surface area (Å²) in [4.78, 5) is 17.5. The SMILES string of the molecule is Cc1ccc(OCC(=O)Nc2nc(C)c(Cc3ccc(F)cc3)s2)cc1. The van der Waals surface area contributed by atoms with Crippen molar-refractivity contribution in [3.05, 3.63) is 76.0 Å². The van der Waals surface area contributed by atoms with Crippen molar-refractivity contribution in [2.45, 2.75) is 20.3 Å². The molecule has 0 bridgehead atoms. The smallest absolute Gasteiger partial charge is 0.264 e. The van der Waals surface area contributed by atoms with Crippen LogP contribution in [0, 0.1) is 19.7 Å². The van der Waals surface area contributed by atoms with E-state index in [1.54, 1.807) is 12.1 Å². The fourth-order valence-corrected chi connectivity index (χ4v) is 3.38. The monoisotopic (exact) mass is 370 g/mol. The molecule has 134 valence electrons. The fraction of sp³-hybridized carbons (Fsp3) is 0.200. The number of aryl methyl sites for hydroxylation is 2. The molecule has 1 aromatic heterocycles. The number of anilines is 1. The minimum Gasteiger partial charge on any atom is -0.484 e. The van der Waals surface area contributed by atoms with Crippen LogP contribution in [0.1, 0.15) is 21.7 Å². The Morgan fingerprint density at radius 3 is 2.50 bits per heavy atom. The molecule has 1 amide bonds. The molecule has 1 N–H and O–H groups in total. The molecule has 2 aromatic carbocycles. The van der Waals surface area contributed by atoms with E-state index >= 15 is 0 Å². The lowest BCUT2D eigenvalue weighted by Gasteiger charge is -2.05. The highest BCUT2D eigenvalue weighted by Crippen LogP contribution is 2.25. The van der Waals surface area contributed by atoms with Gasteiger partial charge in [-0.25, -0.2) is 9.37 Å². The number of halogens is 1. The predicted molar refractivity (Wildman–Crippen MR) is 101 cm³/mol. The van der Waals surface area contributed by atoms with Crippen molar-refractivity contribution >= 4 is 22.4 Å². The first kappa shape index (κ1) is 18.1. The quantitative estimate of drug-likeness (QED) is 0.695. The van der Waals surface area contributed by atoms with Gasteiger partial charge in [0, 0.05) is 11.3 Å². The molecule has 0 atom stereocenters. The minimum atomic E-state index is -0.257. The van der Waals surface area contributed by atoms with E-state index in [-0.39, 0.29) is 18.3 Å². The summed E-state index contributed by atoms with van der Waals surface area (Å²) in [6, 6.07) is 13.9. The van der Waals surface area contributed by atoms with Crippen LogP contribution in [0.4, 0.5) is 9.52 Å². The molecule has 0 aliphatic heterocycles. The number of nitrogens with zero attached hydrogens (tertiary/aromatic N) is 1. The molecule has 0 spiro atoms. The number of benzene rings is 2. The molecule has 3 rings (SSSR count). The minimum absolute atomic E-state index is 0.0744. The van der Waals surface area contributed by atoms with E-state index in [4.69, 9.17) is 4.74 Å². The number of carbonyl (C=O) groups is 1. The van der Waals surface area contributed by atoms with Gasteiger partial charge in [-0.2, -0.15) is 0 Å². The lowest BCUT2D eigenvalue weighted by atomic mass is 10.1. The van der Waals surface area contributed by atoms with Gasteiger partial charge in [-0.05, 0) is 43.7 Å². The van der Waals surface area contributed by atoms with Crippen LogP contribution in [0.2, 0.25) is 0 Å². The Bertz CT molecular complexity index is 889. The zero-order valence-corrected chi connectivity index (χ0v) is 15.4. The Labute approximate surface area is 155 Å². The topological polar surface area (TPSA) is 51.2 Å². The molecule has 3 aromatic rings. The number of amides is 1. The molecule has 1 heterocycles. The number of rotatable bonds is 6. The zero-order valence-electron chi connectivity index (χ0n) is 14.6. The Hall–Kier alpha value is -2.73. The molecule has 0 saturated carbocycles. The lowest BCUT2D eigenvalue weighted by molar-refractivity contribution is -0.118. The van der Waals surface area contributed by atoms with Gasteiger partial charge in [0.05, 0.1) is 5.69 Å². The van der Waals surface area contributed by atoms with E-state index in [1.807, 2.05) is 38.1 Å². The first-order valence-electron chi connectivity index (χ1n) is 8.19. The summed E-state index contributed by atoms with van der Waals surface area (Å²) in [5, 5.41) is 3.30. The Morgan fingerprint density at radius 2 is 1.81 bits per heavy atom. The Morgan fingerprint density at radius 1 is 1.12 bits per heavy atom. The van der Waals surface area contributed by atoms with E-state index in [1.165, 1.54) is 23.5 Å². The Balaban J connectivity index is 1.57. The molecule has 0 radical (unpaired) electrons. The van der Waals surface area contributed by atoms with Gasteiger partial charge < -0.3 is 4.74 Å². The first-order valence-corrected chi connectivity index (χ1v) is 9.01. The number of hydrogen-bond acceptors (Lipinski definition) is 4. The second-order valence-corrected chi connectivity index (χ2v) is 7.06. The fourth-order valence-electron chi connectivity index (χ4n) is 2.37. The molecule has 0 saturated heterocycles. The second kappa shape index (κ2) is 8.10. The third-order valence-corrected chi connectivity index (χ3v) is 4.88. The number of thiazole rings is 1. The van der Waals surface area contributed by atoms with Crippen LogP contribution in [0.15, 0.2) is 48.5 Å². The summed E-state index contributed by atoms with van der Waals surface area (Å²) < 4.78 is 18.5. The number of aromatic nitrogens is 1. The predicted octanol–water partition coefficient (Wildman–Crippen LogP) is 4.51. The average Bonchev–Trinajstić information content (AvgIpc) is 2.95. The van der Waals surface area contributed by atoms with Crippen molar-refractivity contribution in [2.24, 2.45) is 0 Å². The van der Waals surface area contributed by atoms with Gasteiger partial charge in [0.1, 0.15) is 11.6 Å². The van der Waals surface area contributed by atoms with E-state index in [2.05, 4.69) is 10.3 Å². The molecule has 6 heteroatoms. The molecule has 0 aliphatic carbocycles. The summed E-state index contributed by atoms with van der Waals surface area (Å²) in [6.07, 6.45) is 0.652. The van der Waals surface area contributed by atoms with E-state index < -0.39 is 0 Å². The van der Waals surface area contributed by atoms with Gasteiger partial charge in [0.15, 0.2) is 11.7 Å². The van der Waals surface area contributed by atoms with Crippen LogP contribution in [0.3, 0.4) is 0 Å². The highest BCUT2D eigenvalue weighted by molar-refractivity contribution is 7.15.